The van der Waals surface area contributed by atoms with Crippen molar-refractivity contribution in [3.63, 3.8) is 0 Å². The van der Waals surface area contributed by atoms with Gasteiger partial charge in [-0.25, -0.2) is 0 Å². The monoisotopic (exact) mass is 323 g/mol. The van der Waals surface area contributed by atoms with Crippen LogP contribution in [0, 0.1) is 0 Å². The first-order valence-electron chi connectivity index (χ1n) is 7.89. The minimum atomic E-state index is -0.165. The van der Waals surface area contributed by atoms with Crippen molar-refractivity contribution in [2.45, 2.75) is 45.1 Å². The third kappa shape index (κ3) is 2.92. The largest absolute Gasteiger partial charge is 0.354 e. The first-order valence-corrected chi connectivity index (χ1v) is 8.70. The van der Waals surface area contributed by atoms with Gasteiger partial charge in [0.1, 0.15) is 6.04 Å². The summed E-state index contributed by atoms with van der Waals surface area (Å²) in [4.78, 5) is 27.7. The van der Waals surface area contributed by atoms with Gasteiger partial charge in [0.2, 0.25) is 22.1 Å². The van der Waals surface area contributed by atoms with Crippen molar-refractivity contribution in [3.8, 4) is 0 Å². The number of aromatic nitrogens is 2. The summed E-state index contributed by atoms with van der Waals surface area (Å²) in [5.41, 5.74) is 0. The summed E-state index contributed by atoms with van der Waals surface area (Å²) in [6.07, 6.45) is 4.20. The molecule has 0 aliphatic carbocycles. The summed E-state index contributed by atoms with van der Waals surface area (Å²) in [5, 5.41) is 12.7. The van der Waals surface area contributed by atoms with Crippen LogP contribution in [0.25, 0.3) is 0 Å². The Morgan fingerprint density at radius 2 is 2.14 bits per heavy atom. The van der Waals surface area contributed by atoms with Crippen LogP contribution in [-0.4, -0.2) is 47.7 Å². The van der Waals surface area contributed by atoms with Crippen molar-refractivity contribution in [2.75, 3.05) is 29.4 Å². The molecule has 22 heavy (non-hydrogen) atoms. The number of nitrogens with one attached hydrogen (secondary N) is 1. The van der Waals surface area contributed by atoms with Gasteiger partial charge in [-0.3, -0.25) is 14.5 Å². The van der Waals surface area contributed by atoms with E-state index in [0.29, 0.717) is 24.6 Å². The van der Waals surface area contributed by atoms with Gasteiger partial charge >= 0.3 is 0 Å². The maximum Gasteiger partial charge on any atom is 0.242 e. The second-order valence-corrected chi connectivity index (χ2v) is 6.59. The molecule has 1 atom stereocenters. The second-order valence-electron chi connectivity index (χ2n) is 5.66. The van der Waals surface area contributed by atoms with E-state index in [1.54, 1.807) is 4.90 Å². The predicted octanol–water partition coefficient (Wildman–Crippen LogP) is 1.16. The number of hydrogen-bond donors (Lipinski definition) is 1. The first kappa shape index (κ1) is 15.2. The molecule has 0 saturated carbocycles. The quantitative estimate of drug-likeness (QED) is 0.880. The van der Waals surface area contributed by atoms with E-state index in [4.69, 9.17) is 0 Å². The summed E-state index contributed by atoms with van der Waals surface area (Å²) >= 11 is 1.40. The van der Waals surface area contributed by atoms with E-state index in [1.165, 1.54) is 11.3 Å². The van der Waals surface area contributed by atoms with Crippen LogP contribution in [0.3, 0.4) is 0 Å². The van der Waals surface area contributed by atoms with Gasteiger partial charge in [-0.1, -0.05) is 18.3 Å². The minimum absolute atomic E-state index is 0.0633. The van der Waals surface area contributed by atoms with Crippen molar-refractivity contribution in [2.24, 2.45) is 0 Å². The number of rotatable bonds is 5. The van der Waals surface area contributed by atoms with Gasteiger partial charge in [0.15, 0.2) is 0 Å². The zero-order valence-corrected chi connectivity index (χ0v) is 13.6. The van der Waals surface area contributed by atoms with E-state index < -0.39 is 0 Å². The molecule has 3 rings (SSSR count). The van der Waals surface area contributed by atoms with Crippen LogP contribution in [0.5, 0.6) is 0 Å². The maximum atomic E-state index is 12.2. The first-order chi connectivity index (χ1) is 10.7. The normalized spacial score (nSPS) is 21.7. The molecule has 1 unspecified atom stereocenters. The third-order valence-electron chi connectivity index (χ3n) is 4.06. The Balaban J connectivity index is 1.71. The molecule has 2 aliphatic heterocycles. The van der Waals surface area contributed by atoms with Crippen LogP contribution < -0.4 is 15.1 Å². The molecule has 120 valence electrons. The highest BCUT2D eigenvalue weighted by molar-refractivity contribution is 7.19. The van der Waals surface area contributed by atoms with Gasteiger partial charge in [0.25, 0.3) is 0 Å². The molecule has 0 spiro atoms. The van der Waals surface area contributed by atoms with Crippen molar-refractivity contribution in [1.82, 2.24) is 15.5 Å². The molecule has 1 aromatic heterocycles. The Labute approximate surface area is 133 Å². The van der Waals surface area contributed by atoms with E-state index in [2.05, 4.69) is 15.5 Å². The van der Waals surface area contributed by atoms with Crippen molar-refractivity contribution >= 4 is 33.4 Å². The molecule has 3 heterocycles. The zero-order valence-electron chi connectivity index (χ0n) is 12.7. The molecule has 2 aliphatic rings. The molecule has 1 aromatic rings. The van der Waals surface area contributed by atoms with Crippen molar-refractivity contribution in [3.05, 3.63) is 0 Å². The molecule has 8 heteroatoms. The maximum absolute atomic E-state index is 12.2. The molecular formula is C14H21N5O2S. The van der Waals surface area contributed by atoms with Gasteiger partial charge in [0.05, 0.1) is 0 Å². The van der Waals surface area contributed by atoms with E-state index in [-0.39, 0.29) is 17.9 Å². The molecule has 2 amide bonds. The van der Waals surface area contributed by atoms with E-state index >= 15 is 0 Å². The zero-order chi connectivity index (χ0) is 15.5. The summed E-state index contributed by atoms with van der Waals surface area (Å²) < 4.78 is 0. The van der Waals surface area contributed by atoms with E-state index in [0.717, 1.165) is 37.4 Å². The topological polar surface area (TPSA) is 78.4 Å². The Morgan fingerprint density at radius 1 is 1.32 bits per heavy atom. The van der Waals surface area contributed by atoms with Gasteiger partial charge in [0, 0.05) is 26.1 Å². The lowest BCUT2D eigenvalue weighted by molar-refractivity contribution is -0.122. The molecule has 0 radical (unpaired) electrons. The van der Waals surface area contributed by atoms with Crippen molar-refractivity contribution < 1.29 is 9.59 Å². The molecule has 0 aromatic carbocycles. The van der Waals surface area contributed by atoms with Crippen LogP contribution in [0.15, 0.2) is 0 Å². The Bertz CT molecular complexity index is 561. The number of carbonyl (C=O) groups is 2. The fourth-order valence-corrected chi connectivity index (χ4v) is 3.88. The average molecular weight is 323 g/mol. The highest BCUT2D eigenvalue weighted by Crippen LogP contribution is 2.33. The number of carbonyl (C=O) groups excluding carboxylic acids is 2. The Morgan fingerprint density at radius 3 is 2.86 bits per heavy atom. The molecule has 2 saturated heterocycles. The SMILES string of the molecule is CCCNC(=O)C1CCCN1c1nnc(N2CCCC2=O)s1. The molecule has 0 bridgehead atoms. The second kappa shape index (κ2) is 6.60. The Hall–Kier alpha value is -1.70. The fourth-order valence-electron chi connectivity index (χ4n) is 2.92. The number of hydrogen-bond acceptors (Lipinski definition) is 6. The summed E-state index contributed by atoms with van der Waals surface area (Å²) in [7, 11) is 0. The summed E-state index contributed by atoms with van der Waals surface area (Å²) in [6, 6.07) is -0.165. The van der Waals surface area contributed by atoms with Crippen LogP contribution in [-0.2, 0) is 9.59 Å². The molecular weight excluding hydrogens is 302 g/mol. The smallest absolute Gasteiger partial charge is 0.242 e. The lowest BCUT2D eigenvalue weighted by atomic mass is 10.2. The molecule has 7 nitrogen and oxygen atoms in total. The van der Waals surface area contributed by atoms with Crippen LogP contribution >= 0.6 is 11.3 Å². The lowest BCUT2D eigenvalue weighted by Crippen LogP contribution is -2.43. The summed E-state index contributed by atoms with van der Waals surface area (Å²) in [6.45, 7) is 4.27. The van der Waals surface area contributed by atoms with Gasteiger partial charge in [-0.2, -0.15) is 0 Å². The van der Waals surface area contributed by atoms with Crippen LogP contribution in [0.4, 0.5) is 10.3 Å². The lowest BCUT2D eigenvalue weighted by Gasteiger charge is -2.22. The van der Waals surface area contributed by atoms with Gasteiger partial charge in [-0.15, -0.1) is 10.2 Å². The standard InChI is InChI=1S/C14H21N5O2S/c1-2-7-15-12(21)10-5-3-8-18(10)13-16-17-14(22-13)19-9-4-6-11(19)20/h10H,2-9H2,1H3,(H,15,21). The third-order valence-corrected chi connectivity index (χ3v) is 5.04. The fraction of sp³-hybridized carbons (Fsp3) is 0.714. The number of anilines is 2. The minimum Gasteiger partial charge on any atom is -0.354 e. The summed E-state index contributed by atoms with van der Waals surface area (Å²) in [5.74, 6) is 0.176. The van der Waals surface area contributed by atoms with E-state index in [1.807, 2.05) is 11.8 Å². The highest BCUT2D eigenvalue weighted by atomic mass is 32.1. The average Bonchev–Trinajstić information content (AvgIpc) is 3.23. The number of amides is 2. The van der Waals surface area contributed by atoms with E-state index in [9.17, 15) is 9.59 Å². The van der Waals surface area contributed by atoms with Gasteiger partial charge in [-0.05, 0) is 25.7 Å². The molecule has 1 N–H and O–H groups in total. The number of nitrogens with zero attached hydrogens (tertiary/aromatic N) is 4. The van der Waals surface area contributed by atoms with Gasteiger partial charge < -0.3 is 10.2 Å². The predicted molar refractivity (Wildman–Crippen MR) is 85.2 cm³/mol. The highest BCUT2D eigenvalue weighted by Gasteiger charge is 2.34. The van der Waals surface area contributed by atoms with Crippen LogP contribution in [0.1, 0.15) is 39.0 Å². The Kier molecular flexibility index (Phi) is 4.56. The molecule has 2 fully saturated rings. The van der Waals surface area contributed by atoms with Crippen LogP contribution in [0.2, 0.25) is 0 Å². The van der Waals surface area contributed by atoms with Crippen molar-refractivity contribution in [1.29, 1.82) is 0 Å².